The van der Waals surface area contributed by atoms with Gasteiger partial charge in [0.1, 0.15) is 12.6 Å². The Morgan fingerprint density at radius 1 is 1.20 bits per heavy atom. The van der Waals surface area contributed by atoms with E-state index in [0.29, 0.717) is 0 Å². The van der Waals surface area contributed by atoms with Crippen LogP contribution in [0.4, 0.5) is 0 Å². The van der Waals surface area contributed by atoms with Crippen molar-refractivity contribution < 1.29 is 19.1 Å². The molecule has 0 radical (unpaired) electrons. The van der Waals surface area contributed by atoms with Gasteiger partial charge < -0.3 is 15.4 Å². The van der Waals surface area contributed by atoms with Gasteiger partial charge in [0.05, 0.1) is 13.5 Å². The predicted molar refractivity (Wildman–Crippen MR) is 72.8 cm³/mol. The van der Waals surface area contributed by atoms with Gasteiger partial charge in [0.15, 0.2) is 0 Å². The lowest BCUT2D eigenvalue weighted by Crippen LogP contribution is -2.46. The lowest BCUT2D eigenvalue weighted by molar-refractivity contribution is -0.141. The van der Waals surface area contributed by atoms with Crippen LogP contribution in [-0.4, -0.2) is 37.5 Å². The molecule has 0 saturated carbocycles. The third kappa shape index (κ3) is 5.51. The highest BCUT2D eigenvalue weighted by Crippen LogP contribution is 1.99. The average Bonchev–Trinajstić information content (AvgIpc) is 2.45. The molecule has 108 valence electrons. The summed E-state index contributed by atoms with van der Waals surface area (Å²) < 4.78 is 4.40. The highest BCUT2D eigenvalue weighted by molar-refractivity contribution is 5.89. The maximum atomic E-state index is 11.7. The van der Waals surface area contributed by atoms with Crippen molar-refractivity contribution in [3.8, 4) is 0 Å². The summed E-state index contributed by atoms with van der Waals surface area (Å²) in [5.74, 6) is -1.23. The van der Waals surface area contributed by atoms with Crippen LogP contribution in [0.5, 0.6) is 0 Å². The van der Waals surface area contributed by atoms with E-state index < -0.39 is 17.9 Å². The van der Waals surface area contributed by atoms with Crippen LogP contribution >= 0.6 is 0 Å². The van der Waals surface area contributed by atoms with Gasteiger partial charge in [-0.25, -0.2) is 0 Å². The van der Waals surface area contributed by atoms with E-state index in [1.165, 1.54) is 7.11 Å². The SMILES string of the molecule is COC(=O)CNC(=O)[C@H](C)NC(=O)Cc1ccccc1. The number of rotatable bonds is 6. The zero-order valence-corrected chi connectivity index (χ0v) is 11.5. The van der Waals surface area contributed by atoms with Crippen LogP contribution in [-0.2, 0) is 25.5 Å². The Hall–Kier alpha value is -2.37. The maximum absolute atomic E-state index is 11.7. The second-order valence-corrected chi connectivity index (χ2v) is 4.25. The lowest BCUT2D eigenvalue weighted by Gasteiger charge is -2.13. The summed E-state index contributed by atoms with van der Waals surface area (Å²) in [7, 11) is 1.24. The third-order valence-electron chi connectivity index (χ3n) is 2.61. The first kappa shape index (κ1) is 15.7. The quantitative estimate of drug-likeness (QED) is 0.719. The van der Waals surface area contributed by atoms with Gasteiger partial charge in [-0.1, -0.05) is 30.3 Å². The number of carbonyl (C=O) groups excluding carboxylic acids is 3. The van der Waals surface area contributed by atoms with Crippen LogP contribution in [0.15, 0.2) is 30.3 Å². The summed E-state index contributed by atoms with van der Waals surface area (Å²) in [6, 6.07) is 8.51. The van der Waals surface area contributed by atoms with E-state index in [1.54, 1.807) is 6.92 Å². The number of ether oxygens (including phenoxy) is 1. The Morgan fingerprint density at radius 3 is 2.45 bits per heavy atom. The molecule has 1 rings (SSSR count). The molecule has 0 fully saturated rings. The smallest absolute Gasteiger partial charge is 0.325 e. The van der Waals surface area contributed by atoms with Crippen LogP contribution in [0.3, 0.4) is 0 Å². The molecule has 1 atom stereocenters. The second-order valence-electron chi connectivity index (χ2n) is 4.25. The van der Waals surface area contributed by atoms with Crippen molar-refractivity contribution in [1.29, 1.82) is 0 Å². The van der Waals surface area contributed by atoms with Crippen molar-refractivity contribution in [3.63, 3.8) is 0 Å². The molecule has 1 aromatic rings. The topological polar surface area (TPSA) is 84.5 Å². The van der Waals surface area contributed by atoms with E-state index in [-0.39, 0.29) is 18.9 Å². The summed E-state index contributed by atoms with van der Waals surface area (Å²) in [5, 5.41) is 4.94. The molecule has 0 aromatic heterocycles. The third-order valence-corrected chi connectivity index (χ3v) is 2.61. The molecule has 1 aromatic carbocycles. The molecule has 0 aliphatic carbocycles. The van der Waals surface area contributed by atoms with Gasteiger partial charge in [0, 0.05) is 0 Å². The van der Waals surface area contributed by atoms with Crippen LogP contribution in [0.1, 0.15) is 12.5 Å². The molecule has 0 saturated heterocycles. The summed E-state index contributed by atoms with van der Waals surface area (Å²) in [6.45, 7) is 1.34. The number of benzene rings is 1. The first-order chi connectivity index (χ1) is 9.52. The van der Waals surface area contributed by atoms with Crippen molar-refractivity contribution in [3.05, 3.63) is 35.9 Å². The van der Waals surface area contributed by atoms with Gasteiger partial charge in [-0.3, -0.25) is 14.4 Å². The molecule has 6 heteroatoms. The average molecular weight is 278 g/mol. The fraction of sp³-hybridized carbons (Fsp3) is 0.357. The molecule has 0 aliphatic rings. The number of carbonyl (C=O) groups is 3. The Kier molecular flexibility index (Phi) is 6.22. The molecular weight excluding hydrogens is 260 g/mol. The van der Waals surface area contributed by atoms with Gasteiger partial charge in [0.25, 0.3) is 0 Å². The molecule has 6 nitrogen and oxygen atoms in total. The van der Waals surface area contributed by atoms with Crippen molar-refractivity contribution in [2.75, 3.05) is 13.7 Å². The van der Waals surface area contributed by atoms with E-state index >= 15 is 0 Å². The van der Waals surface area contributed by atoms with E-state index in [1.807, 2.05) is 30.3 Å². The van der Waals surface area contributed by atoms with Crippen molar-refractivity contribution in [1.82, 2.24) is 10.6 Å². The summed E-state index contributed by atoms with van der Waals surface area (Å²) in [5.41, 5.74) is 0.868. The first-order valence-corrected chi connectivity index (χ1v) is 6.20. The zero-order valence-electron chi connectivity index (χ0n) is 11.5. The zero-order chi connectivity index (χ0) is 15.0. The first-order valence-electron chi connectivity index (χ1n) is 6.20. The minimum absolute atomic E-state index is 0.204. The molecule has 20 heavy (non-hydrogen) atoms. The molecular formula is C14H18N2O4. The van der Waals surface area contributed by atoms with Crippen LogP contribution in [0.2, 0.25) is 0 Å². The number of hydrogen-bond acceptors (Lipinski definition) is 4. The monoisotopic (exact) mass is 278 g/mol. The fourth-order valence-corrected chi connectivity index (χ4v) is 1.52. The van der Waals surface area contributed by atoms with Crippen molar-refractivity contribution in [2.45, 2.75) is 19.4 Å². The Bertz CT molecular complexity index is 473. The van der Waals surface area contributed by atoms with Crippen LogP contribution < -0.4 is 10.6 Å². The number of hydrogen-bond donors (Lipinski definition) is 2. The van der Waals surface area contributed by atoms with Crippen LogP contribution in [0, 0.1) is 0 Å². The maximum Gasteiger partial charge on any atom is 0.325 e. The molecule has 2 amide bonds. The number of methoxy groups -OCH3 is 1. The molecule has 0 heterocycles. The molecule has 0 unspecified atom stereocenters. The minimum Gasteiger partial charge on any atom is -0.468 e. The normalized spacial score (nSPS) is 11.3. The Labute approximate surface area is 117 Å². The van der Waals surface area contributed by atoms with Gasteiger partial charge in [0.2, 0.25) is 11.8 Å². The molecule has 0 aliphatic heterocycles. The Morgan fingerprint density at radius 2 is 1.85 bits per heavy atom. The standard InChI is InChI=1S/C14H18N2O4/c1-10(14(19)15-9-13(18)20-2)16-12(17)8-11-6-4-3-5-7-11/h3-7,10H,8-9H2,1-2H3,(H,15,19)(H,16,17)/t10-/m0/s1. The number of esters is 1. The van der Waals surface area contributed by atoms with Gasteiger partial charge in [-0.05, 0) is 12.5 Å². The van der Waals surface area contributed by atoms with E-state index in [9.17, 15) is 14.4 Å². The van der Waals surface area contributed by atoms with E-state index in [2.05, 4.69) is 15.4 Å². The van der Waals surface area contributed by atoms with Gasteiger partial charge in [-0.15, -0.1) is 0 Å². The second kappa shape index (κ2) is 7.93. The summed E-state index contributed by atoms with van der Waals surface area (Å²) >= 11 is 0. The van der Waals surface area contributed by atoms with Gasteiger partial charge >= 0.3 is 5.97 Å². The Balaban J connectivity index is 2.37. The fourth-order valence-electron chi connectivity index (χ4n) is 1.52. The summed E-state index contributed by atoms with van der Waals surface area (Å²) in [4.78, 5) is 34.2. The molecule has 0 spiro atoms. The van der Waals surface area contributed by atoms with Crippen molar-refractivity contribution >= 4 is 17.8 Å². The lowest BCUT2D eigenvalue weighted by atomic mass is 10.1. The number of nitrogens with one attached hydrogen (secondary N) is 2. The van der Waals surface area contributed by atoms with Gasteiger partial charge in [-0.2, -0.15) is 0 Å². The predicted octanol–water partition coefficient (Wildman–Crippen LogP) is 0.0230. The van der Waals surface area contributed by atoms with E-state index in [4.69, 9.17) is 0 Å². The highest BCUT2D eigenvalue weighted by atomic mass is 16.5. The molecule has 2 N–H and O–H groups in total. The summed E-state index contributed by atoms with van der Waals surface area (Å²) in [6.07, 6.45) is 0.204. The highest BCUT2D eigenvalue weighted by Gasteiger charge is 2.16. The van der Waals surface area contributed by atoms with E-state index in [0.717, 1.165) is 5.56 Å². The minimum atomic E-state index is -0.712. The largest absolute Gasteiger partial charge is 0.468 e. The number of amides is 2. The molecule has 0 bridgehead atoms. The van der Waals surface area contributed by atoms with Crippen LogP contribution in [0.25, 0.3) is 0 Å². The van der Waals surface area contributed by atoms with Crippen molar-refractivity contribution in [2.24, 2.45) is 0 Å².